The second kappa shape index (κ2) is 7.52. The van der Waals surface area contributed by atoms with Crippen molar-refractivity contribution in [3.05, 3.63) is 35.1 Å². The van der Waals surface area contributed by atoms with Crippen LogP contribution in [0.3, 0.4) is 0 Å². The van der Waals surface area contributed by atoms with Crippen LogP contribution in [0.25, 0.3) is 0 Å². The molecule has 1 aromatic carbocycles. The smallest absolute Gasteiger partial charge is 0.191 e. The minimum Gasteiger partial charge on any atom is -0.486 e. The van der Waals surface area contributed by atoms with Gasteiger partial charge in [-0.15, -0.1) is 10.2 Å². The number of ether oxygens (including phenoxy) is 1. The Kier molecular flexibility index (Phi) is 5.70. The highest BCUT2D eigenvalue weighted by Crippen LogP contribution is 2.19. The SMILES string of the molecule is Cn1c(COc2ccc(Cl)cc2)nnc1SCCCO. The average molecular weight is 314 g/mol. The van der Waals surface area contributed by atoms with Crippen molar-refractivity contribution in [2.45, 2.75) is 18.2 Å². The standard InChI is InChI=1S/C13H16ClN3O2S/c1-17-12(15-16-13(17)20-8-2-7-18)9-19-11-5-3-10(14)4-6-11/h3-6,18H,2,7-9H2,1H3. The maximum absolute atomic E-state index is 8.76. The molecule has 0 amide bonds. The maximum Gasteiger partial charge on any atom is 0.191 e. The van der Waals surface area contributed by atoms with Gasteiger partial charge in [-0.2, -0.15) is 0 Å². The van der Waals surface area contributed by atoms with Gasteiger partial charge in [0.25, 0.3) is 0 Å². The molecule has 0 bridgehead atoms. The fraction of sp³-hybridized carbons (Fsp3) is 0.385. The Morgan fingerprint density at radius 3 is 2.75 bits per heavy atom. The molecule has 1 N–H and O–H groups in total. The van der Waals surface area contributed by atoms with Crippen LogP contribution >= 0.6 is 23.4 Å². The summed E-state index contributed by atoms with van der Waals surface area (Å²) < 4.78 is 7.54. The molecule has 7 heteroatoms. The molecule has 5 nitrogen and oxygen atoms in total. The Bertz CT molecular complexity index is 545. The van der Waals surface area contributed by atoms with Gasteiger partial charge in [0.05, 0.1) is 0 Å². The van der Waals surface area contributed by atoms with Crippen LogP contribution < -0.4 is 4.74 Å². The summed E-state index contributed by atoms with van der Waals surface area (Å²) in [5, 5.41) is 18.5. The number of aliphatic hydroxyl groups is 1. The molecule has 0 fully saturated rings. The number of hydrogen-bond donors (Lipinski definition) is 1. The molecule has 0 unspecified atom stereocenters. The number of aromatic nitrogens is 3. The van der Waals surface area contributed by atoms with Crippen LogP contribution in [0.4, 0.5) is 0 Å². The molecule has 108 valence electrons. The van der Waals surface area contributed by atoms with Gasteiger partial charge in [0.1, 0.15) is 12.4 Å². The minimum absolute atomic E-state index is 0.192. The van der Waals surface area contributed by atoms with Crippen molar-refractivity contribution >= 4 is 23.4 Å². The zero-order chi connectivity index (χ0) is 14.4. The van der Waals surface area contributed by atoms with Gasteiger partial charge in [0, 0.05) is 24.4 Å². The number of benzene rings is 1. The van der Waals surface area contributed by atoms with E-state index in [1.807, 2.05) is 23.7 Å². The Morgan fingerprint density at radius 2 is 2.05 bits per heavy atom. The van der Waals surface area contributed by atoms with E-state index in [9.17, 15) is 0 Å². The van der Waals surface area contributed by atoms with Crippen molar-refractivity contribution in [2.24, 2.45) is 7.05 Å². The predicted octanol–water partition coefficient (Wildman–Crippen LogP) is 2.52. The van der Waals surface area contributed by atoms with Gasteiger partial charge in [-0.3, -0.25) is 0 Å². The molecular weight excluding hydrogens is 298 g/mol. The summed E-state index contributed by atoms with van der Waals surface area (Å²) in [7, 11) is 1.90. The highest BCUT2D eigenvalue weighted by atomic mass is 35.5. The minimum atomic E-state index is 0.192. The first-order valence-corrected chi connectivity index (χ1v) is 7.57. The third-order valence-electron chi connectivity index (χ3n) is 2.64. The summed E-state index contributed by atoms with van der Waals surface area (Å²) in [6.07, 6.45) is 0.744. The van der Waals surface area contributed by atoms with E-state index >= 15 is 0 Å². The molecule has 0 aliphatic rings. The van der Waals surface area contributed by atoms with E-state index in [-0.39, 0.29) is 6.61 Å². The highest BCUT2D eigenvalue weighted by molar-refractivity contribution is 7.99. The molecular formula is C13H16ClN3O2S. The highest BCUT2D eigenvalue weighted by Gasteiger charge is 2.09. The third-order valence-corrected chi connectivity index (χ3v) is 4.00. The molecule has 1 aromatic heterocycles. The molecule has 2 aromatic rings. The summed E-state index contributed by atoms with van der Waals surface area (Å²) in [4.78, 5) is 0. The van der Waals surface area contributed by atoms with E-state index in [1.54, 1.807) is 23.9 Å². The lowest BCUT2D eigenvalue weighted by Crippen LogP contribution is -2.04. The molecule has 0 saturated heterocycles. The van der Waals surface area contributed by atoms with Crippen LogP contribution in [0, 0.1) is 0 Å². The van der Waals surface area contributed by atoms with Crippen molar-refractivity contribution in [2.75, 3.05) is 12.4 Å². The van der Waals surface area contributed by atoms with Gasteiger partial charge in [-0.05, 0) is 30.7 Å². The van der Waals surface area contributed by atoms with Crippen molar-refractivity contribution in [3.63, 3.8) is 0 Å². The number of rotatable bonds is 7. The van der Waals surface area contributed by atoms with Crippen LogP contribution in [0.5, 0.6) is 5.75 Å². The van der Waals surface area contributed by atoms with Crippen LogP contribution in [-0.2, 0) is 13.7 Å². The fourth-order valence-corrected chi connectivity index (χ4v) is 2.48. The third kappa shape index (κ3) is 4.13. The van der Waals surface area contributed by atoms with Crippen LogP contribution in [0.1, 0.15) is 12.2 Å². The molecule has 1 heterocycles. The van der Waals surface area contributed by atoms with E-state index in [4.69, 9.17) is 21.4 Å². The zero-order valence-electron chi connectivity index (χ0n) is 11.1. The van der Waals surface area contributed by atoms with Crippen LogP contribution in [0.2, 0.25) is 5.02 Å². The molecule has 20 heavy (non-hydrogen) atoms. The van der Waals surface area contributed by atoms with E-state index in [0.717, 1.165) is 28.9 Å². The second-order valence-electron chi connectivity index (χ2n) is 4.13. The molecule has 0 spiro atoms. The van der Waals surface area contributed by atoms with Crippen LogP contribution in [-0.4, -0.2) is 32.2 Å². The van der Waals surface area contributed by atoms with Gasteiger partial charge in [-0.25, -0.2) is 0 Å². The first-order chi connectivity index (χ1) is 9.70. The summed E-state index contributed by atoms with van der Waals surface area (Å²) >= 11 is 7.39. The summed E-state index contributed by atoms with van der Waals surface area (Å²) in [6, 6.07) is 7.19. The lowest BCUT2D eigenvalue weighted by atomic mass is 10.3. The molecule has 0 aliphatic heterocycles. The van der Waals surface area contributed by atoms with E-state index in [2.05, 4.69) is 10.2 Å². The van der Waals surface area contributed by atoms with Gasteiger partial charge >= 0.3 is 0 Å². The van der Waals surface area contributed by atoms with Gasteiger partial charge in [0.15, 0.2) is 11.0 Å². The van der Waals surface area contributed by atoms with Crippen molar-refractivity contribution < 1.29 is 9.84 Å². The number of thioether (sulfide) groups is 1. The number of halogens is 1. The van der Waals surface area contributed by atoms with Crippen molar-refractivity contribution in [1.82, 2.24) is 14.8 Å². The topological polar surface area (TPSA) is 60.2 Å². The molecule has 0 atom stereocenters. The fourth-order valence-electron chi connectivity index (χ4n) is 1.50. The molecule has 0 aliphatic carbocycles. The number of nitrogens with zero attached hydrogens (tertiary/aromatic N) is 3. The largest absolute Gasteiger partial charge is 0.486 e. The van der Waals surface area contributed by atoms with Gasteiger partial charge < -0.3 is 14.4 Å². The predicted molar refractivity (Wildman–Crippen MR) is 79.2 cm³/mol. The quantitative estimate of drug-likeness (QED) is 0.628. The Balaban J connectivity index is 1.91. The van der Waals surface area contributed by atoms with Gasteiger partial charge in [0.2, 0.25) is 0 Å². The number of hydrogen-bond acceptors (Lipinski definition) is 5. The lowest BCUT2D eigenvalue weighted by molar-refractivity contribution is 0.290. The molecule has 0 saturated carbocycles. The summed E-state index contributed by atoms with van der Waals surface area (Å²) in [5.41, 5.74) is 0. The lowest BCUT2D eigenvalue weighted by Gasteiger charge is -2.06. The average Bonchev–Trinajstić information content (AvgIpc) is 2.80. The maximum atomic E-state index is 8.76. The van der Waals surface area contributed by atoms with E-state index in [0.29, 0.717) is 11.6 Å². The normalized spacial score (nSPS) is 10.8. The van der Waals surface area contributed by atoms with E-state index < -0.39 is 0 Å². The van der Waals surface area contributed by atoms with E-state index in [1.165, 1.54) is 0 Å². The first-order valence-electron chi connectivity index (χ1n) is 6.21. The monoisotopic (exact) mass is 313 g/mol. The van der Waals surface area contributed by atoms with Crippen LogP contribution in [0.15, 0.2) is 29.4 Å². The Hall–Kier alpha value is -1.24. The number of aliphatic hydroxyl groups excluding tert-OH is 1. The summed E-state index contributed by atoms with van der Waals surface area (Å²) in [5.74, 6) is 2.32. The second-order valence-corrected chi connectivity index (χ2v) is 5.62. The van der Waals surface area contributed by atoms with Crippen molar-refractivity contribution in [3.8, 4) is 5.75 Å². The Morgan fingerprint density at radius 1 is 1.30 bits per heavy atom. The molecule has 0 radical (unpaired) electrons. The van der Waals surface area contributed by atoms with Gasteiger partial charge in [-0.1, -0.05) is 23.4 Å². The first kappa shape index (κ1) is 15.2. The molecule has 2 rings (SSSR count). The Labute approximate surface area is 126 Å². The van der Waals surface area contributed by atoms with Crippen molar-refractivity contribution in [1.29, 1.82) is 0 Å². The zero-order valence-corrected chi connectivity index (χ0v) is 12.7. The summed E-state index contributed by atoms with van der Waals surface area (Å²) in [6.45, 7) is 0.545.